The summed E-state index contributed by atoms with van der Waals surface area (Å²) in [4.78, 5) is 0. The van der Waals surface area contributed by atoms with Crippen LogP contribution >= 0.6 is 0 Å². The van der Waals surface area contributed by atoms with Crippen LogP contribution in [0.5, 0.6) is 0 Å². The monoisotopic (exact) mass is 214 g/mol. The third kappa shape index (κ3) is 1.96. The third-order valence-electron chi connectivity index (χ3n) is 2.97. The highest BCUT2D eigenvalue weighted by Gasteiger charge is 1.99. The molecule has 0 aliphatic rings. The zero-order chi connectivity index (χ0) is 11.7. The average molecular weight is 214 g/mol. The van der Waals surface area contributed by atoms with Crippen LogP contribution in [0.3, 0.4) is 0 Å². The van der Waals surface area contributed by atoms with Gasteiger partial charge in [0.2, 0.25) is 0 Å². The minimum atomic E-state index is 0.802. The van der Waals surface area contributed by atoms with Crippen molar-refractivity contribution in [2.45, 2.75) is 0 Å². The Hall–Kier alpha value is -2.02. The fourth-order valence-corrected chi connectivity index (χ4v) is 2.09. The Balaban J connectivity index is 2.18. The molecule has 1 heteroatoms. The Bertz CT molecular complexity index is 671. The van der Waals surface area contributed by atoms with Crippen LogP contribution in [-0.4, -0.2) is 7.85 Å². The maximum Gasteiger partial charge on any atom is 0.113 e. The van der Waals surface area contributed by atoms with E-state index < -0.39 is 0 Å². The SMILES string of the molecule is [B]c1cccc(-c2ccc3ccccc3c2)c1. The molecular weight excluding hydrogens is 203 g/mol. The van der Waals surface area contributed by atoms with Crippen molar-refractivity contribution >= 4 is 24.1 Å². The van der Waals surface area contributed by atoms with E-state index in [0.29, 0.717) is 0 Å². The summed E-state index contributed by atoms with van der Waals surface area (Å²) in [6, 6.07) is 22.8. The standard InChI is InChI=1S/C16H11B/c17-16-7-3-6-14(11-16)15-9-8-12-4-1-2-5-13(12)10-15/h1-11H. The second-order valence-electron chi connectivity index (χ2n) is 4.19. The van der Waals surface area contributed by atoms with E-state index in [0.717, 1.165) is 11.0 Å². The van der Waals surface area contributed by atoms with Crippen LogP contribution in [0.4, 0.5) is 0 Å². The van der Waals surface area contributed by atoms with Gasteiger partial charge in [-0.3, -0.25) is 0 Å². The summed E-state index contributed by atoms with van der Waals surface area (Å²) in [5, 5.41) is 2.52. The fraction of sp³-hybridized carbons (Fsp3) is 0. The smallest absolute Gasteiger partial charge is 0.0961 e. The van der Waals surface area contributed by atoms with Gasteiger partial charge in [0.25, 0.3) is 0 Å². The highest BCUT2D eigenvalue weighted by molar-refractivity contribution is 6.32. The van der Waals surface area contributed by atoms with Gasteiger partial charge in [-0.15, -0.1) is 0 Å². The van der Waals surface area contributed by atoms with Crippen LogP contribution in [0.25, 0.3) is 21.9 Å². The summed E-state index contributed by atoms with van der Waals surface area (Å²) in [5.74, 6) is 0. The molecule has 0 nitrogen and oxygen atoms in total. The first-order valence-electron chi connectivity index (χ1n) is 5.68. The first-order chi connectivity index (χ1) is 8.33. The first kappa shape index (κ1) is 10.2. The Morgan fingerprint density at radius 2 is 1.35 bits per heavy atom. The molecular formula is C16H11B. The zero-order valence-corrected chi connectivity index (χ0v) is 9.43. The molecule has 17 heavy (non-hydrogen) atoms. The molecule has 0 aliphatic carbocycles. The molecule has 0 unspecified atom stereocenters. The predicted octanol–water partition coefficient (Wildman–Crippen LogP) is 3.30. The van der Waals surface area contributed by atoms with Crippen LogP contribution in [0.2, 0.25) is 0 Å². The fourth-order valence-electron chi connectivity index (χ4n) is 2.09. The summed E-state index contributed by atoms with van der Waals surface area (Å²) in [7, 11) is 5.81. The zero-order valence-electron chi connectivity index (χ0n) is 9.43. The maximum atomic E-state index is 5.81. The molecule has 3 aromatic carbocycles. The molecule has 78 valence electrons. The van der Waals surface area contributed by atoms with E-state index in [4.69, 9.17) is 7.85 Å². The molecule has 0 aromatic heterocycles. The Morgan fingerprint density at radius 1 is 0.588 bits per heavy atom. The second kappa shape index (κ2) is 4.10. The van der Waals surface area contributed by atoms with Crippen molar-refractivity contribution < 1.29 is 0 Å². The molecule has 3 rings (SSSR count). The lowest BCUT2D eigenvalue weighted by Crippen LogP contribution is -2.00. The van der Waals surface area contributed by atoms with Gasteiger partial charge in [-0.1, -0.05) is 66.1 Å². The summed E-state index contributed by atoms with van der Waals surface area (Å²) in [5.41, 5.74) is 3.17. The van der Waals surface area contributed by atoms with Crippen molar-refractivity contribution in [1.82, 2.24) is 0 Å². The van der Waals surface area contributed by atoms with Crippen molar-refractivity contribution in [1.29, 1.82) is 0 Å². The van der Waals surface area contributed by atoms with E-state index in [2.05, 4.69) is 48.5 Å². The van der Waals surface area contributed by atoms with Crippen molar-refractivity contribution in [3.05, 3.63) is 66.7 Å². The van der Waals surface area contributed by atoms with E-state index >= 15 is 0 Å². The Kier molecular flexibility index (Phi) is 2.45. The average Bonchev–Trinajstić information content (AvgIpc) is 2.38. The van der Waals surface area contributed by atoms with Crippen LogP contribution in [0.15, 0.2) is 66.7 Å². The number of benzene rings is 3. The summed E-state index contributed by atoms with van der Waals surface area (Å²) in [6.45, 7) is 0. The molecule has 0 aliphatic heterocycles. The minimum absolute atomic E-state index is 0.802. The summed E-state index contributed by atoms with van der Waals surface area (Å²) >= 11 is 0. The van der Waals surface area contributed by atoms with Gasteiger partial charge in [0.1, 0.15) is 7.85 Å². The molecule has 2 radical (unpaired) electrons. The maximum absolute atomic E-state index is 5.81. The predicted molar refractivity (Wildman–Crippen MR) is 74.8 cm³/mol. The molecule has 0 atom stereocenters. The van der Waals surface area contributed by atoms with Gasteiger partial charge in [-0.05, 0) is 28.0 Å². The highest BCUT2D eigenvalue weighted by Crippen LogP contribution is 2.23. The van der Waals surface area contributed by atoms with E-state index in [9.17, 15) is 0 Å². The van der Waals surface area contributed by atoms with E-state index in [-0.39, 0.29) is 0 Å². The molecule has 0 saturated carbocycles. The molecule has 0 N–H and O–H groups in total. The van der Waals surface area contributed by atoms with Gasteiger partial charge in [-0.25, -0.2) is 0 Å². The lowest BCUT2D eigenvalue weighted by Gasteiger charge is -2.05. The Labute approximate surface area is 102 Å². The van der Waals surface area contributed by atoms with Crippen molar-refractivity contribution in [2.24, 2.45) is 0 Å². The third-order valence-corrected chi connectivity index (χ3v) is 2.97. The lowest BCUT2D eigenvalue weighted by molar-refractivity contribution is 1.67. The minimum Gasteiger partial charge on any atom is -0.0961 e. The summed E-state index contributed by atoms with van der Waals surface area (Å²) in [6.07, 6.45) is 0. The second-order valence-corrected chi connectivity index (χ2v) is 4.19. The van der Waals surface area contributed by atoms with Crippen LogP contribution < -0.4 is 5.46 Å². The molecule has 0 fully saturated rings. The number of fused-ring (bicyclic) bond motifs is 1. The lowest BCUT2D eigenvalue weighted by atomic mass is 9.92. The van der Waals surface area contributed by atoms with Gasteiger partial charge >= 0.3 is 0 Å². The van der Waals surface area contributed by atoms with E-state index in [1.165, 1.54) is 16.3 Å². The number of rotatable bonds is 1. The quantitative estimate of drug-likeness (QED) is 0.545. The first-order valence-corrected chi connectivity index (χ1v) is 5.68. The van der Waals surface area contributed by atoms with Crippen LogP contribution in [-0.2, 0) is 0 Å². The van der Waals surface area contributed by atoms with Crippen molar-refractivity contribution in [2.75, 3.05) is 0 Å². The van der Waals surface area contributed by atoms with Gasteiger partial charge in [-0.2, -0.15) is 0 Å². The van der Waals surface area contributed by atoms with E-state index in [1.807, 2.05) is 18.2 Å². The van der Waals surface area contributed by atoms with Crippen molar-refractivity contribution in [3.63, 3.8) is 0 Å². The molecule has 0 heterocycles. The summed E-state index contributed by atoms with van der Waals surface area (Å²) < 4.78 is 0. The van der Waals surface area contributed by atoms with E-state index in [1.54, 1.807) is 0 Å². The highest BCUT2D eigenvalue weighted by atomic mass is 14.0. The topological polar surface area (TPSA) is 0 Å². The van der Waals surface area contributed by atoms with Crippen LogP contribution in [0, 0.1) is 0 Å². The Morgan fingerprint density at radius 3 is 2.18 bits per heavy atom. The van der Waals surface area contributed by atoms with Crippen LogP contribution in [0.1, 0.15) is 0 Å². The van der Waals surface area contributed by atoms with Gasteiger partial charge in [0, 0.05) is 0 Å². The van der Waals surface area contributed by atoms with Gasteiger partial charge in [0.15, 0.2) is 0 Å². The largest absolute Gasteiger partial charge is 0.113 e. The van der Waals surface area contributed by atoms with Gasteiger partial charge < -0.3 is 0 Å². The molecule has 3 aromatic rings. The molecule has 0 bridgehead atoms. The molecule has 0 saturated heterocycles. The molecule has 0 spiro atoms. The number of hydrogen-bond donors (Lipinski definition) is 0. The normalized spacial score (nSPS) is 10.6. The number of hydrogen-bond acceptors (Lipinski definition) is 0. The van der Waals surface area contributed by atoms with Crippen molar-refractivity contribution in [3.8, 4) is 11.1 Å². The van der Waals surface area contributed by atoms with Gasteiger partial charge in [0.05, 0.1) is 0 Å². The molecule has 0 amide bonds.